The van der Waals surface area contributed by atoms with E-state index in [1.807, 2.05) is 12.3 Å². The summed E-state index contributed by atoms with van der Waals surface area (Å²) in [6, 6.07) is 11.5. The molecular formula is C15H19N3. The molecule has 0 saturated heterocycles. The van der Waals surface area contributed by atoms with Crippen molar-refractivity contribution in [2.75, 3.05) is 6.54 Å². The number of hydrogen-bond donors (Lipinski definition) is 1. The smallest absolute Gasteiger partial charge is 0.0754 e. The molecule has 0 bridgehead atoms. The number of nitrogens with zero attached hydrogens (tertiary/aromatic N) is 2. The van der Waals surface area contributed by atoms with Gasteiger partial charge in [-0.25, -0.2) is 0 Å². The zero-order chi connectivity index (χ0) is 12.4. The van der Waals surface area contributed by atoms with Gasteiger partial charge in [-0.15, -0.1) is 0 Å². The molecule has 0 radical (unpaired) electrons. The highest BCUT2D eigenvalue weighted by molar-refractivity contribution is 5.36. The molecule has 0 spiro atoms. The van der Waals surface area contributed by atoms with Crippen molar-refractivity contribution >= 4 is 0 Å². The summed E-state index contributed by atoms with van der Waals surface area (Å²) in [6.07, 6.45) is 6.15. The van der Waals surface area contributed by atoms with Gasteiger partial charge in [-0.1, -0.05) is 31.2 Å². The molecule has 2 aromatic rings. The van der Waals surface area contributed by atoms with Gasteiger partial charge in [0.1, 0.15) is 0 Å². The number of hydrogen-bond acceptors (Lipinski definition) is 2. The highest BCUT2D eigenvalue weighted by Gasteiger charge is 2.33. The third-order valence-electron chi connectivity index (χ3n) is 3.68. The maximum absolute atomic E-state index is 4.42. The molecule has 94 valence electrons. The molecule has 1 N–H and O–H groups in total. The monoisotopic (exact) mass is 241 g/mol. The van der Waals surface area contributed by atoms with Crippen LogP contribution in [0.4, 0.5) is 0 Å². The predicted octanol–water partition coefficient (Wildman–Crippen LogP) is 2.72. The second kappa shape index (κ2) is 4.94. The highest BCUT2D eigenvalue weighted by Crippen LogP contribution is 2.38. The molecule has 0 saturated carbocycles. The van der Waals surface area contributed by atoms with Crippen molar-refractivity contribution in [1.82, 2.24) is 15.1 Å². The molecule has 1 aromatic carbocycles. The van der Waals surface area contributed by atoms with Crippen molar-refractivity contribution in [2.45, 2.75) is 31.8 Å². The maximum atomic E-state index is 4.42. The van der Waals surface area contributed by atoms with E-state index >= 15 is 0 Å². The Morgan fingerprint density at radius 1 is 1.33 bits per heavy atom. The second-order valence-corrected chi connectivity index (χ2v) is 4.89. The molecule has 1 aliphatic carbocycles. The molecule has 3 nitrogen and oxygen atoms in total. The van der Waals surface area contributed by atoms with E-state index in [0.717, 1.165) is 19.4 Å². The van der Waals surface area contributed by atoms with Crippen LogP contribution in [0, 0.1) is 0 Å². The fraction of sp³-hybridized carbons (Fsp3) is 0.400. The molecule has 3 rings (SSSR count). The van der Waals surface area contributed by atoms with Gasteiger partial charge >= 0.3 is 0 Å². The van der Waals surface area contributed by atoms with Crippen LogP contribution in [0.15, 0.2) is 42.7 Å². The lowest BCUT2D eigenvalue weighted by molar-refractivity contribution is 0.355. The van der Waals surface area contributed by atoms with Crippen LogP contribution in [-0.4, -0.2) is 16.3 Å². The van der Waals surface area contributed by atoms with Crippen LogP contribution >= 0.6 is 0 Å². The van der Waals surface area contributed by atoms with Gasteiger partial charge in [0.15, 0.2) is 0 Å². The highest BCUT2D eigenvalue weighted by atomic mass is 15.3. The fourth-order valence-electron chi connectivity index (χ4n) is 2.84. The fourth-order valence-corrected chi connectivity index (χ4v) is 2.84. The Morgan fingerprint density at radius 3 is 3.00 bits per heavy atom. The van der Waals surface area contributed by atoms with E-state index in [1.54, 1.807) is 0 Å². The van der Waals surface area contributed by atoms with Crippen molar-refractivity contribution < 1.29 is 0 Å². The Hall–Kier alpha value is -1.61. The summed E-state index contributed by atoms with van der Waals surface area (Å²) in [4.78, 5) is 0. The van der Waals surface area contributed by atoms with E-state index in [2.05, 4.69) is 52.5 Å². The Morgan fingerprint density at radius 2 is 2.22 bits per heavy atom. The zero-order valence-electron chi connectivity index (χ0n) is 10.7. The quantitative estimate of drug-likeness (QED) is 0.892. The van der Waals surface area contributed by atoms with Gasteiger partial charge in [0, 0.05) is 12.4 Å². The number of rotatable bonds is 4. The van der Waals surface area contributed by atoms with Crippen LogP contribution in [0.1, 0.15) is 36.6 Å². The molecule has 0 fully saturated rings. The minimum atomic E-state index is 0.390. The maximum Gasteiger partial charge on any atom is 0.0754 e. The van der Waals surface area contributed by atoms with Crippen LogP contribution in [0.2, 0.25) is 0 Å². The third kappa shape index (κ3) is 1.95. The summed E-state index contributed by atoms with van der Waals surface area (Å²) in [7, 11) is 0. The van der Waals surface area contributed by atoms with E-state index in [9.17, 15) is 0 Å². The van der Waals surface area contributed by atoms with E-state index in [1.165, 1.54) is 11.1 Å². The van der Waals surface area contributed by atoms with Crippen LogP contribution in [-0.2, 0) is 6.42 Å². The second-order valence-electron chi connectivity index (χ2n) is 4.89. The van der Waals surface area contributed by atoms with Gasteiger partial charge in [-0.3, -0.25) is 4.68 Å². The van der Waals surface area contributed by atoms with Crippen molar-refractivity contribution in [3.05, 3.63) is 53.9 Å². The summed E-state index contributed by atoms with van der Waals surface area (Å²) in [5, 5.41) is 8.08. The van der Waals surface area contributed by atoms with Crippen LogP contribution in [0.5, 0.6) is 0 Å². The van der Waals surface area contributed by atoms with Gasteiger partial charge in [-0.05, 0) is 36.6 Å². The van der Waals surface area contributed by atoms with Crippen LogP contribution < -0.4 is 5.32 Å². The minimum absolute atomic E-state index is 0.390. The molecule has 2 atom stereocenters. The normalized spacial score (nSPS) is 22.1. The Bertz CT molecular complexity index is 504. The van der Waals surface area contributed by atoms with Crippen LogP contribution in [0.25, 0.3) is 0 Å². The summed E-state index contributed by atoms with van der Waals surface area (Å²) in [5.74, 6) is 0. The molecule has 1 aliphatic rings. The number of benzene rings is 1. The van der Waals surface area contributed by atoms with Gasteiger partial charge in [0.25, 0.3) is 0 Å². The Kier molecular flexibility index (Phi) is 3.15. The van der Waals surface area contributed by atoms with Crippen molar-refractivity contribution in [3.63, 3.8) is 0 Å². The molecule has 3 heteroatoms. The number of aromatic nitrogens is 2. The first-order valence-electron chi connectivity index (χ1n) is 6.70. The summed E-state index contributed by atoms with van der Waals surface area (Å²) in [5.41, 5.74) is 2.89. The standard InChI is InChI=1S/C15H19N3/c1-2-8-16-15-13-7-4-3-6-12(13)11-14(15)18-10-5-9-17-18/h3-7,9-10,14-16H,2,8,11H2,1H3. The van der Waals surface area contributed by atoms with E-state index in [4.69, 9.17) is 0 Å². The molecule has 18 heavy (non-hydrogen) atoms. The van der Waals surface area contributed by atoms with Gasteiger partial charge < -0.3 is 5.32 Å². The molecule has 0 amide bonds. The first-order valence-corrected chi connectivity index (χ1v) is 6.70. The Balaban J connectivity index is 1.92. The summed E-state index contributed by atoms with van der Waals surface area (Å²) in [6.45, 7) is 3.26. The van der Waals surface area contributed by atoms with E-state index < -0.39 is 0 Å². The van der Waals surface area contributed by atoms with E-state index in [-0.39, 0.29) is 0 Å². The minimum Gasteiger partial charge on any atom is -0.308 e. The molecule has 2 unspecified atom stereocenters. The predicted molar refractivity (Wildman–Crippen MR) is 72.4 cm³/mol. The lowest BCUT2D eigenvalue weighted by Crippen LogP contribution is -2.28. The Labute approximate surface area is 108 Å². The molecule has 1 heterocycles. The van der Waals surface area contributed by atoms with Crippen molar-refractivity contribution in [3.8, 4) is 0 Å². The number of fused-ring (bicyclic) bond motifs is 1. The van der Waals surface area contributed by atoms with Gasteiger partial charge in [-0.2, -0.15) is 5.10 Å². The summed E-state index contributed by atoms with van der Waals surface area (Å²) >= 11 is 0. The lowest BCUT2D eigenvalue weighted by atomic mass is 10.1. The van der Waals surface area contributed by atoms with Crippen molar-refractivity contribution in [2.24, 2.45) is 0 Å². The van der Waals surface area contributed by atoms with Crippen LogP contribution in [0.3, 0.4) is 0 Å². The third-order valence-corrected chi connectivity index (χ3v) is 3.68. The van der Waals surface area contributed by atoms with E-state index in [0.29, 0.717) is 12.1 Å². The lowest BCUT2D eigenvalue weighted by Gasteiger charge is -2.22. The SMILES string of the molecule is CCCNC1c2ccccc2CC1n1cccn1. The summed E-state index contributed by atoms with van der Waals surface area (Å²) < 4.78 is 2.09. The number of nitrogens with one attached hydrogen (secondary N) is 1. The van der Waals surface area contributed by atoms with Crippen molar-refractivity contribution in [1.29, 1.82) is 0 Å². The topological polar surface area (TPSA) is 29.9 Å². The average Bonchev–Trinajstić information content (AvgIpc) is 3.03. The largest absolute Gasteiger partial charge is 0.308 e. The average molecular weight is 241 g/mol. The van der Waals surface area contributed by atoms with Gasteiger partial charge in [0.05, 0.1) is 12.1 Å². The first kappa shape index (κ1) is 11.5. The van der Waals surface area contributed by atoms with Gasteiger partial charge in [0.2, 0.25) is 0 Å². The molecule has 0 aliphatic heterocycles. The zero-order valence-corrected chi connectivity index (χ0v) is 10.7. The molecular weight excluding hydrogens is 222 g/mol. The first-order chi connectivity index (χ1) is 8.90. The molecule has 1 aromatic heterocycles.